The summed E-state index contributed by atoms with van der Waals surface area (Å²) >= 11 is 1.35. The first-order chi connectivity index (χ1) is 8.72. The number of hydrogen-bond acceptors (Lipinski definition) is 4. The molecule has 94 valence electrons. The molecule has 3 rings (SSSR count). The van der Waals surface area contributed by atoms with Gasteiger partial charge in [-0.25, -0.2) is 0 Å². The van der Waals surface area contributed by atoms with Crippen molar-refractivity contribution in [3.05, 3.63) is 28.3 Å². The number of nitro groups is 1. The molecule has 7 heteroatoms. The highest BCUT2D eigenvalue weighted by atomic mass is 32.2. The molecule has 1 aromatic carbocycles. The van der Waals surface area contributed by atoms with E-state index in [0.717, 1.165) is 29.0 Å². The van der Waals surface area contributed by atoms with Crippen molar-refractivity contribution in [1.29, 1.82) is 0 Å². The topological polar surface area (TPSA) is 79.6 Å². The molecule has 0 bridgehead atoms. The van der Waals surface area contributed by atoms with Crippen molar-refractivity contribution in [2.75, 3.05) is 11.9 Å². The van der Waals surface area contributed by atoms with Gasteiger partial charge in [0.1, 0.15) is 0 Å². The number of anilines is 1. The second kappa shape index (κ2) is 4.49. The van der Waals surface area contributed by atoms with Crippen LogP contribution < -0.4 is 10.0 Å². The number of nitrogens with one attached hydrogen (secondary N) is 2. The van der Waals surface area contributed by atoms with Gasteiger partial charge >= 0.3 is 0 Å². The molecule has 1 aliphatic carbocycles. The molecule has 0 radical (unpaired) electrons. The standard InChI is InChI=1S/C11H12N4O2S/c16-15(17)8-3-4-9-10(5-8)18-14-11(13-9)12-6-7-1-2-7/h3-5,7H,1-2,6H2,(H2,12,13,14). The van der Waals surface area contributed by atoms with Gasteiger partial charge in [-0.2, -0.15) is 0 Å². The fourth-order valence-electron chi connectivity index (χ4n) is 1.66. The first-order valence-electron chi connectivity index (χ1n) is 5.75. The van der Waals surface area contributed by atoms with Crippen LogP contribution in [0.3, 0.4) is 0 Å². The summed E-state index contributed by atoms with van der Waals surface area (Å²) in [7, 11) is 0. The van der Waals surface area contributed by atoms with Crippen molar-refractivity contribution in [3.8, 4) is 0 Å². The van der Waals surface area contributed by atoms with E-state index in [-0.39, 0.29) is 5.69 Å². The third-order valence-corrected chi connectivity index (χ3v) is 3.74. The van der Waals surface area contributed by atoms with E-state index in [1.807, 2.05) is 0 Å². The van der Waals surface area contributed by atoms with E-state index in [9.17, 15) is 10.1 Å². The number of nitrogens with zero attached hydrogens (tertiary/aromatic N) is 2. The Morgan fingerprint density at radius 1 is 1.50 bits per heavy atom. The highest BCUT2D eigenvalue weighted by Crippen LogP contribution is 2.33. The summed E-state index contributed by atoms with van der Waals surface area (Å²) in [6.45, 7) is 0.845. The third-order valence-electron chi connectivity index (χ3n) is 2.89. The van der Waals surface area contributed by atoms with Crippen LogP contribution in [0.1, 0.15) is 12.8 Å². The third kappa shape index (κ3) is 2.40. The fraction of sp³-hybridized carbons (Fsp3) is 0.364. The van der Waals surface area contributed by atoms with Crippen LogP contribution in [0.2, 0.25) is 0 Å². The molecule has 1 heterocycles. The molecule has 1 aliphatic heterocycles. The molecule has 0 aromatic heterocycles. The van der Waals surface area contributed by atoms with Crippen LogP contribution in [-0.2, 0) is 0 Å². The number of hydrogen-bond donors (Lipinski definition) is 2. The number of nitro benzene ring substituents is 1. The first-order valence-corrected chi connectivity index (χ1v) is 6.57. The normalized spacial score (nSPS) is 19.9. The molecule has 6 nitrogen and oxygen atoms in total. The zero-order chi connectivity index (χ0) is 12.5. The smallest absolute Gasteiger partial charge is 0.270 e. The van der Waals surface area contributed by atoms with Gasteiger partial charge in [-0.15, -0.1) is 0 Å². The minimum absolute atomic E-state index is 0.100. The van der Waals surface area contributed by atoms with E-state index < -0.39 is 4.92 Å². The maximum Gasteiger partial charge on any atom is 0.270 e. The van der Waals surface area contributed by atoms with Gasteiger partial charge in [0.25, 0.3) is 5.69 Å². The maximum absolute atomic E-state index is 10.7. The highest BCUT2D eigenvalue weighted by molar-refractivity contribution is 7.98. The number of rotatable bonds is 3. The van der Waals surface area contributed by atoms with Crippen LogP contribution in [0.5, 0.6) is 0 Å². The molecule has 1 saturated carbocycles. The largest absolute Gasteiger partial charge is 0.325 e. The second-order valence-corrected chi connectivity index (χ2v) is 5.25. The molecule has 0 unspecified atom stereocenters. The molecule has 2 aliphatic rings. The number of non-ortho nitro benzene ring substituents is 1. The Kier molecular flexibility index (Phi) is 2.83. The van der Waals surface area contributed by atoms with Gasteiger partial charge in [-0.1, -0.05) is 0 Å². The lowest BCUT2D eigenvalue weighted by Crippen LogP contribution is -2.29. The Bertz CT molecular complexity index is 528. The number of benzene rings is 1. The summed E-state index contributed by atoms with van der Waals surface area (Å²) in [6.07, 6.45) is 2.54. The number of guanidine groups is 1. The Hall–Kier alpha value is -1.76. The molecular weight excluding hydrogens is 252 g/mol. The quantitative estimate of drug-likeness (QED) is 0.498. The predicted molar refractivity (Wildman–Crippen MR) is 70.7 cm³/mol. The van der Waals surface area contributed by atoms with Crippen molar-refractivity contribution in [2.45, 2.75) is 17.7 Å². The van der Waals surface area contributed by atoms with Gasteiger partial charge in [0.05, 0.1) is 15.5 Å². The molecule has 1 fully saturated rings. The van der Waals surface area contributed by atoms with Crippen LogP contribution in [-0.4, -0.2) is 17.4 Å². The Morgan fingerprint density at radius 2 is 2.33 bits per heavy atom. The summed E-state index contributed by atoms with van der Waals surface area (Å²) in [4.78, 5) is 15.5. The molecular formula is C11H12N4O2S. The summed E-state index contributed by atoms with van der Waals surface area (Å²) in [5, 5.41) is 13.8. The molecule has 0 atom stereocenters. The van der Waals surface area contributed by atoms with E-state index in [1.54, 1.807) is 12.1 Å². The zero-order valence-corrected chi connectivity index (χ0v) is 10.4. The van der Waals surface area contributed by atoms with Crippen LogP contribution in [0, 0.1) is 16.0 Å². The molecule has 1 aromatic rings. The molecule has 18 heavy (non-hydrogen) atoms. The molecule has 0 amide bonds. The lowest BCUT2D eigenvalue weighted by molar-refractivity contribution is -0.385. The first kappa shape index (κ1) is 11.3. The Labute approximate surface area is 108 Å². The van der Waals surface area contributed by atoms with Crippen molar-refractivity contribution in [3.63, 3.8) is 0 Å². The molecule has 0 spiro atoms. The minimum Gasteiger partial charge on any atom is -0.325 e. The fourth-order valence-corrected chi connectivity index (χ4v) is 2.39. The van der Waals surface area contributed by atoms with Crippen molar-refractivity contribution in [1.82, 2.24) is 4.72 Å². The van der Waals surface area contributed by atoms with Gasteiger partial charge in [0, 0.05) is 18.7 Å². The summed E-state index contributed by atoms with van der Waals surface area (Å²) in [5.41, 5.74) is 0.960. The van der Waals surface area contributed by atoms with Crippen LogP contribution >= 0.6 is 11.9 Å². The summed E-state index contributed by atoms with van der Waals surface area (Å²) < 4.78 is 3.06. The van der Waals surface area contributed by atoms with Gasteiger partial charge in [-0.05, 0) is 36.8 Å². The second-order valence-electron chi connectivity index (χ2n) is 4.40. The zero-order valence-electron chi connectivity index (χ0n) is 9.55. The number of fused-ring (bicyclic) bond motifs is 1. The molecule has 0 saturated heterocycles. The van der Waals surface area contributed by atoms with Gasteiger partial charge in [-0.3, -0.25) is 19.8 Å². The summed E-state index contributed by atoms with van der Waals surface area (Å²) in [6, 6.07) is 4.77. The lowest BCUT2D eigenvalue weighted by atomic mass is 10.3. The average Bonchev–Trinajstić information content (AvgIpc) is 3.19. The van der Waals surface area contributed by atoms with E-state index in [2.05, 4.69) is 15.0 Å². The number of aliphatic imine (C=N–C) groups is 1. The van der Waals surface area contributed by atoms with E-state index in [0.29, 0.717) is 0 Å². The van der Waals surface area contributed by atoms with Crippen molar-refractivity contribution >= 4 is 29.3 Å². The van der Waals surface area contributed by atoms with Crippen molar-refractivity contribution in [2.24, 2.45) is 10.9 Å². The van der Waals surface area contributed by atoms with Crippen LogP contribution in [0.25, 0.3) is 0 Å². The maximum atomic E-state index is 10.7. The Morgan fingerprint density at radius 3 is 3.06 bits per heavy atom. The Balaban J connectivity index is 1.76. The van der Waals surface area contributed by atoms with Gasteiger partial charge in [0.15, 0.2) is 0 Å². The predicted octanol–water partition coefficient (Wildman–Crippen LogP) is 2.38. The van der Waals surface area contributed by atoms with Crippen LogP contribution in [0.15, 0.2) is 28.1 Å². The minimum atomic E-state index is -0.391. The molecule has 2 N–H and O–H groups in total. The van der Waals surface area contributed by atoms with E-state index in [4.69, 9.17) is 0 Å². The van der Waals surface area contributed by atoms with E-state index >= 15 is 0 Å². The average molecular weight is 264 g/mol. The van der Waals surface area contributed by atoms with Gasteiger partial charge < -0.3 is 5.32 Å². The summed E-state index contributed by atoms with van der Waals surface area (Å²) in [5.74, 6) is 1.47. The monoisotopic (exact) mass is 264 g/mol. The SMILES string of the molecule is O=[N+]([O-])c1ccc2c(c1)SNC(=NCC1CC1)N2. The van der Waals surface area contributed by atoms with E-state index in [1.165, 1.54) is 30.9 Å². The van der Waals surface area contributed by atoms with Crippen LogP contribution in [0.4, 0.5) is 11.4 Å². The lowest BCUT2D eigenvalue weighted by Gasteiger charge is -2.19. The van der Waals surface area contributed by atoms with Gasteiger partial charge in [0.2, 0.25) is 5.96 Å². The highest BCUT2D eigenvalue weighted by Gasteiger charge is 2.22. The van der Waals surface area contributed by atoms with Crippen molar-refractivity contribution < 1.29 is 4.92 Å².